The van der Waals surface area contributed by atoms with Gasteiger partial charge < -0.3 is 14.8 Å². The van der Waals surface area contributed by atoms with Gasteiger partial charge in [0.1, 0.15) is 5.82 Å². The molecule has 1 aliphatic rings. The SMILES string of the molecule is CNc1cc(OCC2CCOC2)nc(C(F)(F)F)n1. The van der Waals surface area contributed by atoms with Gasteiger partial charge in [-0.1, -0.05) is 0 Å². The molecule has 1 unspecified atom stereocenters. The highest BCUT2D eigenvalue weighted by molar-refractivity contribution is 5.38. The molecule has 5 nitrogen and oxygen atoms in total. The Morgan fingerprint density at radius 2 is 2.26 bits per heavy atom. The molecular weight excluding hydrogens is 263 g/mol. The third kappa shape index (κ3) is 3.69. The molecular formula is C11H14F3N3O2. The van der Waals surface area contributed by atoms with Gasteiger partial charge in [0.15, 0.2) is 0 Å². The highest BCUT2D eigenvalue weighted by Crippen LogP contribution is 2.29. The number of anilines is 1. The average Bonchev–Trinajstić information content (AvgIpc) is 2.88. The van der Waals surface area contributed by atoms with Crippen molar-refractivity contribution in [3.05, 3.63) is 11.9 Å². The van der Waals surface area contributed by atoms with Gasteiger partial charge in [0, 0.05) is 25.6 Å². The van der Waals surface area contributed by atoms with Gasteiger partial charge in [-0.2, -0.15) is 18.2 Å². The second-order valence-corrected chi connectivity index (χ2v) is 4.20. The molecule has 0 spiro atoms. The fourth-order valence-electron chi connectivity index (χ4n) is 1.67. The maximum absolute atomic E-state index is 12.6. The molecule has 1 aromatic heterocycles. The smallest absolute Gasteiger partial charge is 0.451 e. The van der Waals surface area contributed by atoms with Gasteiger partial charge in [-0.05, 0) is 6.42 Å². The Hall–Kier alpha value is -1.57. The van der Waals surface area contributed by atoms with Crippen LogP contribution in [0.4, 0.5) is 19.0 Å². The molecule has 0 aromatic carbocycles. The molecule has 0 radical (unpaired) electrons. The Kier molecular flexibility index (Phi) is 4.08. The molecule has 1 aromatic rings. The fraction of sp³-hybridized carbons (Fsp3) is 0.636. The molecule has 106 valence electrons. The summed E-state index contributed by atoms with van der Waals surface area (Å²) in [5, 5.41) is 2.55. The van der Waals surface area contributed by atoms with E-state index in [-0.39, 0.29) is 24.2 Å². The van der Waals surface area contributed by atoms with Crippen LogP contribution < -0.4 is 10.1 Å². The molecule has 8 heteroatoms. The predicted molar refractivity (Wildman–Crippen MR) is 61.0 cm³/mol. The summed E-state index contributed by atoms with van der Waals surface area (Å²) >= 11 is 0. The largest absolute Gasteiger partial charge is 0.477 e. The summed E-state index contributed by atoms with van der Waals surface area (Å²) in [7, 11) is 1.48. The molecule has 1 saturated heterocycles. The van der Waals surface area contributed by atoms with E-state index in [4.69, 9.17) is 9.47 Å². The molecule has 1 fully saturated rings. The molecule has 2 rings (SSSR count). The minimum atomic E-state index is -4.60. The van der Waals surface area contributed by atoms with Crippen LogP contribution in [0.1, 0.15) is 12.2 Å². The van der Waals surface area contributed by atoms with Crippen molar-refractivity contribution in [2.24, 2.45) is 5.92 Å². The molecule has 0 saturated carbocycles. The second-order valence-electron chi connectivity index (χ2n) is 4.20. The van der Waals surface area contributed by atoms with Gasteiger partial charge in [-0.25, -0.2) is 4.98 Å². The summed E-state index contributed by atoms with van der Waals surface area (Å²) in [6.45, 7) is 1.51. The molecule has 19 heavy (non-hydrogen) atoms. The van der Waals surface area contributed by atoms with Crippen LogP contribution in [0.2, 0.25) is 0 Å². The van der Waals surface area contributed by atoms with E-state index in [1.165, 1.54) is 13.1 Å². The summed E-state index contributed by atoms with van der Waals surface area (Å²) < 4.78 is 48.3. The molecule has 0 aliphatic carbocycles. The van der Waals surface area contributed by atoms with Crippen molar-refractivity contribution in [3.8, 4) is 5.88 Å². The van der Waals surface area contributed by atoms with Crippen molar-refractivity contribution >= 4 is 5.82 Å². The first-order valence-electron chi connectivity index (χ1n) is 5.83. The zero-order chi connectivity index (χ0) is 13.9. The van der Waals surface area contributed by atoms with Crippen LogP contribution >= 0.6 is 0 Å². The molecule has 0 bridgehead atoms. The number of halogens is 3. The van der Waals surface area contributed by atoms with Crippen LogP contribution in [-0.2, 0) is 10.9 Å². The van der Waals surface area contributed by atoms with Crippen molar-refractivity contribution in [1.29, 1.82) is 0 Å². The summed E-state index contributed by atoms with van der Waals surface area (Å²) in [5.41, 5.74) is 0. The fourth-order valence-corrected chi connectivity index (χ4v) is 1.67. The Morgan fingerprint density at radius 1 is 1.47 bits per heavy atom. The molecule has 0 amide bonds. The van der Waals surface area contributed by atoms with Crippen LogP contribution in [0.25, 0.3) is 0 Å². The summed E-state index contributed by atoms with van der Waals surface area (Å²) in [6, 6.07) is 1.34. The molecule has 1 N–H and O–H groups in total. The molecule has 2 heterocycles. The Balaban J connectivity index is 2.10. The van der Waals surface area contributed by atoms with Crippen LogP contribution in [-0.4, -0.2) is 36.8 Å². The third-order valence-corrected chi connectivity index (χ3v) is 2.70. The predicted octanol–water partition coefficient (Wildman–Crippen LogP) is 1.95. The normalized spacial score (nSPS) is 19.5. The Bertz CT molecular complexity index is 434. The van der Waals surface area contributed by atoms with E-state index in [2.05, 4.69) is 15.3 Å². The summed E-state index contributed by atoms with van der Waals surface area (Å²) in [4.78, 5) is 6.73. The molecule has 1 atom stereocenters. The highest BCUT2D eigenvalue weighted by atomic mass is 19.4. The second kappa shape index (κ2) is 5.60. The van der Waals surface area contributed by atoms with Crippen molar-refractivity contribution < 1.29 is 22.6 Å². The third-order valence-electron chi connectivity index (χ3n) is 2.70. The Labute approximate surface area is 108 Å². The zero-order valence-corrected chi connectivity index (χ0v) is 10.3. The van der Waals surface area contributed by atoms with Gasteiger partial charge in [-0.3, -0.25) is 0 Å². The number of aromatic nitrogens is 2. The number of hydrogen-bond donors (Lipinski definition) is 1. The van der Waals surface area contributed by atoms with E-state index in [9.17, 15) is 13.2 Å². The lowest BCUT2D eigenvalue weighted by Gasteiger charge is -2.12. The van der Waals surface area contributed by atoms with Crippen LogP contribution in [0, 0.1) is 5.92 Å². The Morgan fingerprint density at radius 3 is 2.84 bits per heavy atom. The van der Waals surface area contributed by atoms with E-state index >= 15 is 0 Å². The van der Waals surface area contributed by atoms with E-state index in [1.54, 1.807) is 0 Å². The lowest BCUT2D eigenvalue weighted by Crippen LogP contribution is -2.16. The van der Waals surface area contributed by atoms with E-state index in [0.717, 1.165) is 6.42 Å². The van der Waals surface area contributed by atoms with Crippen molar-refractivity contribution in [2.75, 3.05) is 32.2 Å². The zero-order valence-electron chi connectivity index (χ0n) is 10.3. The van der Waals surface area contributed by atoms with Crippen LogP contribution in [0.15, 0.2) is 6.07 Å². The number of hydrogen-bond acceptors (Lipinski definition) is 5. The first-order chi connectivity index (χ1) is 8.99. The maximum atomic E-state index is 12.6. The monoisotopic (exact) mass is 277 g/mol. The van der Waals surface area contributed by atoms with Gasteiger partial charge in [0.2, 0.25) is 11.7 Å². The topological polar surface area (TPSA) is 56.3 Å². The number of rotatable bonds is 4. The van der Waals surface area contributed by atoms with E-state index in [0.29, 0.717) is 13.2 Å². The average molecular weight is 277 g/mol. The minimum absolute atomic E-state index is 0.0694. The van der Waals surface area contributed by atoms with Crippen molar-refractivity contribution in [3.63, 3.8) is 0 Å². The quantitative estimate of drug-likeness (QED) is 0.911. The van der Waals surface area contributed by atoms with Crippen molar-refractivity contribution in [1.82, 2.24) is 9.97 Å². The van der Waals surface area contributed by atoms with Crippen LogP contribution in [0.3, 0.4) is 0 Å². The first kappa shape index (κ1) is 13.9. The maximum Gasteiger partial charge on any atom is 0.451 e. The first-order valence-corrected chi connectivity index (χ1v) is 5.83. The van der Waals surface area contributed by atoms with E-state index in [1.807, 2.05) is 0 Å². The van der Waals surface area contributed by atoms with Gasteiger partial charge in [0.25, 0.3) is 0 Å². The molecule has 1 aliphatic heterocycles. The highest BCUT2D eigenvalue weighted by Gasteiger charge is 2.35. The minimum Gasteiger partial charge on any atom is -0.477 e. The summed E-state index contributed by atoms with van der Waals surface area (Å²) in [6.07, 6.45) is -3.75. The lowest BCUT2D eigenvalue weighted by atomic mass is 10.1. The number of nitrogens with one attached hydrogen (secondary N) is 1. The number of nitrogens with zero attached hydrogens (tertiary/aromatic N) is 2. The standard InChI is InChI=1S/C11H14F3N3O2/c1-15-8-4-9(17-10(16-8)11(12,13)14)19-6-7-2-3-18-5-7/h4,7H,2-3,5-6H2,1H3,(H,15,16,17). The van der Waals surface area contributed by atoms with Gasteiger partial charge >= 0.3 is 6.18 Å². The van der Waals surface area contributed by atoms with Gasteiger partial charge in [-0.15, -0.1) is 0 Å². The van der Waals surface area contributed by atoms with Crippen molar-refractivity contribution in [2.45, 2.75) is 12.6 Å². The number of ether oxygens (including phenoxy) is 2. The van der Waals surface area contributed by atoms with Gasteiger partial charge in [0.05, 0.1) is 13.2 Å². The number of alkyl halides is 3. The van der Waals surface area contributed by atoms with E-state index < -0.39 is 12.0 Å². The summed E-state index contributed by atoms with van der Waals surface area (Å²) in [5.74, 6) is -1.03. The lowest BCUT2D eigenvalue weighted by molar-refractivity contribution is -0.145. The van der Waals surface area contributed by atoms with Crippen LogP contribution in [0.5, 0.6) is 5.88 Å².